The van der Waals surface area contributed by atoms with Crippen molar-refractivity contribution in [1.29, 1.82) is 0 Å². The van der Waals surface area contributed by atoms with Crippen molar-refractivity contribution in [2.24, 2.45) is 0 Å². The second kappa shape index (κ2) is 16.1. The van der Waals surface area contributed by atoms with Crippen LogP contribution in [-0.2, 0) is 20.8 Å². The van der Waals surface area contributed by atoms with Crippen molar-refractivity contribution in [3.05, 3.63) is 101 Å². The second-order valence-electron chi connectivity index (χ2n) is 9.90. The van der Waals surface area contributed by atoms with Crippen LogP contribution in [0.5, 0.6) is 5.75 Å². The lowest BCUT2D eigenvalue weighted by Gasteiger charge is -2.28. The van der Waals surface area contributed by atoms with Crippen molar-refractivity contribution in [1.82, 2.24) is 0 Å². The topological polar surface area (TPSA) is 36.9 Å². The van der Waals surface area contributed by atoms with Gasteiger partial charge in [0.05, 0.1) is 19.8 Å². The zero-order valence-corrected chi connectivity index (χ0v) is 22.7. The summed E-state index contributed by atoms with van der Waals surface area (Å²) >= 11 is 0. The molecule has 0 saturated carbocycles. The summed E-state index contributed by atoms with van der Waals surface area (Å²) in [5.41, 5.74) is 4.58. The first kappa shape index (κ1) is 28.1. The highest BCUT2D eigenvalue weighted by Crippen LogP contribution is 2.25. The predicted molar refractivity (Wildman–Crippen MR) is 155 cm³/mol. The van der Waals surface area contributed by atoms with Crippen LogP contribution in [0.3, 0.4) is 0 Å². The molecule has 202 valence electrons. The van der Waals surface area contributed by atoms with Gasteiger partial charge in [0, 0.05) is 6.61 Å². The Hall–Kier alpha value is -2.92. The molecular weight excluding hydrogens is 472 g/mol. The Balaban J connectivity index is 1.23. The fourth-order valence-electron chi connectivity index (χ4n) is 4.48. The van der Waals surface area contributed by atoms with Gasteiger partial charge in [0.2, 0.25) is 0 Å². The number of unbranched alkanes of at least 4 members (excludes halogenated alkanes) is 3. The SMILES string of the molecule is CCCCCCOc1ccc(C=Cc2ccc(COCC(OC3CCCCO3)c3ccccc3)cc2)cc1. The van der Waals surface area contributed by atoms with Gasteiger partial charge < -0.3 is 18.9 Å². The van der Waals surface area contributed by atoms with Crippen LogP contribution in [0.25, 0.3) is 12.2 Å². The van der Waals surface area contributed by atoms with E-state index in [1.807, 2.05) is 30.3 Å². The van der Waals surface area contributed by atoms with Crippen LogP contribution in [-0.4, -0.2) is 26.1 Å². The van der Waals surface area contributed by atoms with Gasteiger partial charge in [0.15, 0.2) is 6.29 Å². The van der Waals surface area contributed by atoms with E-state index in [2.05, 4.69) is 67.6 Å². The first-order chi connectivity index (χ1) is 18.8. The van der Waals surface area contributed by atoms with Gasteiger partial charge in [-0.05, 0) is 60.1 Å². The van der Waals surface area contributed by atoms with Crippen LogP contribution < -0.4 is 4.74 Å². The van der Waals surface area contributed by atoms with Gasteiger partial charge in [-0.2, -0.15) is 0 Å². The Morgan fingerprint density at radius 1 is 0.842 bits per heavy atom. The highest BCUT2D eigenvalue weighted by molar-refractivity contribution is 5.69. The van der Waals surface area contributed by atoms with Crippen LogP contribution in [0.2, 0.25) is 0 Å². The molecule has 1 saturated heterocycles. The van der Waals surface area contributed by atoms with Gasteiger partial charge in [0.25, 0.3) is 0 Å². The average Bonchev–Trinajstić information content (AvgIpc) is 2.98. The zero-order valence-electron chi connectivity index (χ0n) is 22.7. The maximum absolute atomic E-state index is 6.28. The summed E-state index contributed by atoms with van der Waals surface area (Å²) in [5.74, 6) is 0.939. The van der Waals surface area contributed by atoms with E-state index in [1.54, 1.807) is 0 Å². The predicted octanol–water partition coefficient (Wildman–Crippen LogP) is 8.62. The lowest BCUT2D eigenvalue weighted by molar-refractivity contribution is -0.200. The molecule has 4 nitrogen and oxygen atoms in total. The van der Waals surface area contributed by atoms with Crippen molar-refractivity contribution in [2.45, 2.75) is 70.9 Å². The standard InChI is InChI=1S/C34H42O4/c1-2-3-4-9-24-36-32-22-20-29(21-23-32)15-14-28-16-18-30(19-17-28)26-35-27-33(31-11-6-5-7-12-31)38-34-13-8-10-25-37-34/h5-7,11-12,14-23,33-34H,2-4,8-10,13,24-27H2,1H3. The molecule has 0 spiro atoms. The number of rotatable bonds is 15. The third-order valence-electron chi connectivity index (χ3n) is 6.76. The molecule has 2 unspecified atom stereocenters. The van der Waals surface area contributed by atoms with E-state index < -0.39 is 0 Å². The maximum atomic E-state index is 6.28. The maximum Gasteiger partial charge on any atom is 0.158 e. The molecule has 4 rings (SSSR count). The normalized spacial score (nSPS) is 16.5. The first-order valence-corrected chi connectivity index (χ1v) is 14.2. The largest absolute Gasteiger partial charge is 0.494 e. The quantitative estimate of drug-likeness (QED) is 0.150. The number of hydrogen-bond acceptors (Lipinski definition) is 4. The molecule has 0 radical (unpaired) electrons. The number of benzene rings is 3. The molecule has 3 aromatic carbocycles. The molecule has 0 aromatic heterocycles. The van der Waals surface area contributed by atoms with E-state index in [9.17, 15) is 0 Å². The summed E-state index contributed by atoms with van der Waals surface area (Å²) in [4.78, 5) is 0. The van der Waals surface area contributed by atoms with Crippen LogP contribution in [0.1, 0.15) is 80.2 Å². The minimum absolute atomic E-state index is 0.139. The lowest BCUT2D eigenvalue weighted by Crippen LogP contribution is -2.26. The first-order valence-electron chi connectivity index (χ1n) is 14.2. The van der Waals surface area contributed by atoms with Crippen molar-refractivity contribution >= 4 is 12.2 Å². The second-order valence-corrected chi connectivity index (χ2v) is 9.90. The van der Waals surface area contributed by atoms with Crippen LogP contribution in [0, 0.1) is 0 Å². The Labute approximate surface area is 228 Å². The average molecular weight is 515 g/mol. The van der Waals surface area contributed by atoms with E-state index in [0.29, 0.717) is 13.2 Å². The lowest BCUT2D eigenvalue weighted by atomic mass is 10.1. The molecule has 38 heavy (non-hydrogen) atoms. The van der Waals surface area contributed by atoms with E-state index in [-0.39, 0.29) is 12.4 Å². The Morgan fingerprint density at radius 2 is 1.58 bits per heavy atom. The molecule has 0 amide bonds. The molecule has 1 aliphatic heterocycles. The van der Waals surface area contributed by atoms with Gasteiger partial charge >= 0.3 is 0 Å². The Morgan fingerprint density at radius 3 is 2.26 bits per heavy atom. The molecule has 1 aliphatic rings. The van der Waals surface area contributed by atoms with Crippen molar-refractivity contribution in [2.75, 3.05) is 19.8 Å². The molecule has 1 fully saturated rings. The molecule has 0 aliphatic carbocycles. The number of ether oxygens (including phenoxy) is 4. The van der Waals surface area contributed by atoms with E-state index in [1.165, 1.54) is 19.3 Å². The van der Waals surface area contributed by atoms with Crippen molar-refractivity contribution < 1.29 is 18.9 Å². The monoisotopic (exact) mass is 514 g/mol. The minimum Gasteiger partial charge on any atom is -0.494 e. The third-order valence-corrected chi connectivity index (χ3v) is 6.76. The Bertz CT molecular complexity index is 1050. The minimum atomic E-state index is -0.150. The zero-order chi connectivity index (χ0) is 26.3. The fraction of sp³-hybridized carbons (Fsp3) is 0.412. The molecule has 2 atom stereocenters. The summed E-state index contributed by atoms with van der Waals surface area (Å²) in [7, 11) is 0. The molecule has 4 heteroatoms. The molecule has 3 aromatic rings. The van der Waals surface area contributed by atoms with Crippen molar-refractivity contribution in [3.8, 4) is 5.75 Å². The summed E-state index contributed by atoms with van der Waals surface area (Å²) in [6, 6.07) is 27.1. The van der Waals surface area contributed by atoms with E-state index >= 15 is 0 Å². The molecule has 0 N–H and O–H groups in total. The smallest absolute Gasteiger partial charge is 0.158 e. The van der Waals surface area contributed by atoms with Gasteiger partial charge in [-0.25, -0.2) is 0 Å². The molecule has 0 bridgehead atoms. The van der Waals surface area contributed by atoms with E-state index in [4.69, 9.17) is 18.9 Å². The van der Waals surface area contributed by atoms with Crippen LogP contribution in [0.15, 0.2) is 78.9 Å². The van der Waals surface area contributed by atoms with Crippen LogP contribution >= 0.6 is 0 Å². The van der Waals surface area contributed by atoms with Crippen LogP contribution in [0.4, 0.5) is 0 Å². The Kier molecular flexibility index (Phi) is 11.9. The molecule has 1 heterocycles. The van der Waals surface area contributed by atoms with Gasteiger partial charge in [-0.1, -0.05) is 105 Å². The highest BCUT2D eigenvalue weighted by Gasteiger charge is 2.21. The highest BCUT2D eigenvalue weighted by atomic mass is 16.7. The summed E-state index contributed by atoms with van der Waals surface area (Å²) in [6.07, 6.45) is 12.1. The van der Waals surface area contributed by atoms with Crippen molar-refractivity contribution in [3.63, 3.8) is 0 Å². The fourth-order valence-corrected chi connectivity index (χ4v) is 4.48. The number of hydrogen-bond donors (Lipinski definition) is 0. The summed E-state index contributed by atoms with van der Waals surface area (Å²) in [6.45, 7) is 4.82. The summed E-state index contributed by atoms with van der Waals surface area (Å²) in [5, 5.41) is 0. The van der Waals surface area contributed by atoms with Gasteiger partial charge in [-0.3, -0.25) is 0 Å². The molecular formula is C34H42O4. The third kappa shape index (κ3) is 9.75. The van der Waals surface area contributed by atoms with Gasteiger partial charge in [-0.15, -0.1) is 0 Å². The van der Waals surface area contributed by atoms with Gasteiger partial charge in [0.1, 0.15) is 11.9 Å². The van der Waals surface area contributed by atoms with E-state index in [0.717, 1.165) is 66.9 Å². The summed E-state index contributed by atoms with van der Waals surface area (Å²) < 4.78 is 24.0.